The molecule has 1 aromatic carbocycles. The van der Waals surface area contributed by atoms with Crippen molar-refractivity contribution in [2.24, 2.45) is 5.92 Å². The summed E-state index contributed by atoms with van der Waals surface area (Å²) < 4.78 is 0. The third kappa shape index (κ3) is 3.98. The topological polar surface area (TPSA) is 98.1 Å². The Balaban J connectivity index is 1.47. The molecule has 1 atom stereocenters. The van der Waals surface area contributed by atoms with Crippen LogP contribution in [-0.2, 0) is 9.59 Å². The summed E-state index contributed by atoms with van der Waals surface area (Å²) in [6.45, 7) is 1.22. The molecule has 0 spiro atoms. The highest BCUT2D eigenvalue weighted by molar-refractivity contribution is 6.00. The van der Waals surface area contributed by atoms with Crippen LogP contribution < -0.4 is 15.5 Å². The van der Waals surface area contributed by atoms with Gasteiger partial charge in [-0.2, -0.15) is 5.26 Å². The Morgan fingerprint density at radius 1 is 1.23 bits per heavy atom. The van der Waals surface area contributed by atoms with Crippen molar-refractivity contribution in [3.63, 3.8) is 0 Å². The third-order valence-corrected chi connectivity index (χ3v) is 4.21. The van der Waals surface area contributed by atoms with Crippen LogP contribution in [0.25, 0.3) is 0 Å². The van der Waals surface area contributed by atoms with Gasteiger partial charge in [-0.05, 0) is 24.3 Å². The highest BCUT2D eigenvalue weighted by Gasteiger charge is 2.34. The smallest absolute Gasteiger partial charge is 0.227 e. The number of para-hydroxylation sites is 1. The summed E-state index contributed by atoms with van der Waals surface area (Å²) in [7, 11) is 0. The number of nitriles is 1. The molecule has 2 amide bonds. The zero-order valence-electron chi connectivity index (χ0n) is 14.2. The fraction of sp³-hybridized carbons (Fsp3) is 0.263. The first-order valence-electron chi connectivity index (χ1n) is 8.41. The van der Waals surface area contributed by atoms with Crippen molar-refractivity contribution in [1.82, 2.24) is 10.3 Å². The van der Waals surface area contributed by atoms with Crippen molar-refractivity contribution in [2.45, 2.75) is 6.42 Å². The Morgan fingerprint density at radius 3 is 2.81 bits per heavy atom. The number of hydrogen-bond acceptors (Lipinski definition) is 5. The van der Waals surface area contributed by atoms with Gasteiger partial charge >= 0.3 is 0 Å². The normalized spacial score (nSPS) is 16.2. The van der Waals surface area contributed by atoms with E-state index in [1.165, 1.54) is 0 Å². The Labute approximate surface area is 151 Å². The van der Waals surface area contributed by atoms with Crippen molar-refractivity contribution < 1.29 is 9.59 Å². The summed E-state index contributed by atoms with van der Waals surface area (Å²) in [6.07, 6.45) is 1.82. The predicted octanol–water partition coefficient (Wildman–Crippen LogP) is 1.53. The number of nitrogens with zero attached hydrogens (tertiary/aromatic N) is 3. The Bertz CT molecular complexity index is 831. The molecule has 7 nitrogen and oxygen atoms in total. The lowest BCUT2D eigenvalue weighted by Gasteiger charge is -2.16. The largest absolute Gasteiger partial charge is 0.367 e. The van der Waals surface area contributed by atoms with Gasteiger partial charge in [-0.3, -0.25) is 9.59 Å². The van der Waals surface area contributed by atoms with Gasteiger partial charge < -0.3 is 15.5 Å². The van der Waals surface area contributed by atoms with E-state index in [-0.39, 0.29) is 24.2 Å². The van der Waals surface area contributed by atoms with Crippen LogP contribution in [-0.4, -0.2) is 36.4 Å². The van der Waals surface area contributed by atoms with Crippen molar-refractivity contribution >= 4 is 23.3 Å². The minimum Gasteiger partial charge on any atom is -0.367 e. The first-order valence-corrected chi connectivity index (χ1v) is 8.41. The number of benzene rings is 1. The van der Waals surface area contributed by atoms with Crippen molar-refractivity contribution in [1.29, 1.82) is 5.26 Å². The molecule has 1 aliphatic heterocycles. The fourth-order valence-corrected chi connectivity index (χ4v) is 2.89. The van der Waals surface area contributed by atoms with Crippen LogP contribution in [0.5, 0.6) is 0 Å². The Kier molecular flexibility index (Phi) is 5.44. The minimum absolute atomic E-state index is 0.0402. The third-order valence-electron chi connectivity index (χ3n) is 4.21. The minimum atomic E-state index is -0.354. The maximum absolute atomic E-state index is 12.3. The van der Waals surface area contributed by atoms with E-state index in [4.69, 9.17) is 5.26 Å². The number of amides is 2. The second-order valence-electron chi connectivity index (χ2n) is 5.97. The molecule has 1 aliphatic rings. The van der Waals surface area contributed by atoms with E-state index in [2.05, 4.69) is 21.7 Å². The van der Waals surface area contributed by atoms with Gasteiger partial charge in [0.05, 0.1) is 11.5 Å². The standard InChI is InChI=1S/C19H19N5O2/c20-12-14-5-4-8-21-18(14)22-9-10-23-19(26)15-11-17(25)24(13-15)16-6-2-1-3-7-16/h1-8,15H,9-11,13H2,(H,21,22)(H,23,26)/t15-/m1/s1. The lowest BCUT2D eigenvalue weighted by molar-refractivity contribution is -0.126. The van der Waals surface area contributed by atoms with Crippen LogP contribution >= 0.6 is 0 Å². The van der Waals surface area contributed by atoms with E-state index in [9.17, 15) is 9.59 Å². The molecule has 26 heavy (non-hydrogen) atoms. The Morgan fingerprint density at radius 2 is 2.04 bits per heavy atom. The molecule has 0 radical (unpaired) electrons. The SMILES string of the molecule is N#Cc1cccnc1NCCNC(=O)[C@@H]1CC(=O)N(c2ccccc2)C1. The number of pyridine rings is 1. The van der Waals surface area contributed by atoms with Gasteiger partial charge in [0.2, 0.25) is 11.8 Å². The molecule has 2 heterocycles. The van der Waals surface area contributed by atoms with Crippen LogP contribution in [0.15, 0.2) is 48.7 Å². The maximum Gasteiger partial charge on any atom is 0.227 e. The maximum atomic E-state index is 12.3. The molecule has 1 aromatic heterocycles. The molecule has 2 aromatic rings. The molecule has 132 valence electrons. The second kappa shape index (κ2) is 8.12. The highest BCUT2D eigenvalue weighted by atomic mass is 16.2. The van der Waals surface area contributed by atoms with Crippen LogP contribution in [0.1, 0.15) is 12.0 Å². The number of nitrogens with one attached hydrogen (secondary N) is 2. The summed E-state index contributed by atoms with van der Waals surface area (Å²) in [5.74, 6) is -0.0375. The van der Waals surface area contributed by atoms with Crippen molar-refractivity contribution in [2.75, 3.05) is 29.9 Å². The lowest BCUT2D eigenvalue weighted by Crippen LogP contribution is -2.35. The molecule has 3 rings (SSSR count). The van der Waals surface area contributed by atoms with Gasteiger partial charge in [-0.1, -0.05) is 18.2 Å². The summed E-state index contributed by atoms with van der Waals surface area (Å²) in [5.41, 5.74) is 1.27. The van der Waals surface area contributed by atoms with Crippen LogP contribution in [0.3, 0.4) is 0 Å². The van der Waals surface area contributed by atoms with E-state index < -0.39 is 0 Å². The zero-order chi connectivity index (χ0) is 18.4. The lowest BCUT2D eigenvalue weighted by atomic mass is 10.1. The first-order chi connectivity index (χ1) is 12.7. The van der Waals surface area contributed by atoms with E-state index in [0.29, 0.717) is 31.0 Å². The van der Waals surface area contributed by atoms with Gasteiger partial charge in [0, 0.05) is 37.9 Å². The van der Waals surface area contributed by atoms with Gasteiger partial charge in [0.15, 0.2) is 0 Å². The van der Waals surface area contributed by atoms with E-state index in [1.54, 1.807) is 23.2 Å². The summed E-state index contributed by atoms with van der Waals surface area (Å²) in [5, 5.41) is 14.9. The van der Waals surface area contributed by atoms with Gasteiger partial charge in [0.25, 0.3) is 0 Å². The molecule has 7 heteroatoms. The molecular weight excluding hydrogens is 330 g/mol. The fourth-order valence-electron chi connectivity index (χ4n) is 2.89. The predicted molar refractivity (Wildman–Crippen MR) is 97.4 cm³/mol. The number of carbonyl (C=O) groups is 2. The van der Waals surface area contributed by atoms with Crippen LogP contribution in [0, 0.1) is 17.2 Å². The molecule has 1 saturated heterocycles. The monoisotopic (exact) mass is 349 g/mol. The molecule has 0 saturated carbocycles. The summed E-state index contributed by atoms with van der Waals surface area (Å²) >= 11 is 0. The molecule has 0 aliphatic carbocycles. The van der Waals surface area contributed by atoms with Crippen LogP contribution in [0.4, 0.5) is 11.5 Å². The van der Waals surface area contributed by atoms with Gasteiger partial charge in [-0.15, -0.1) is 0 Å². The number of rotatable bonds is 6. The van der Waals surface area contributed by atoms with E-state index >= 15 is 0 Å². The molecule has 2 N–H and O–H groups in total. The summed E-state index contributed by atoms with van der Waals surface area (Å²) in [4.78, 5) is 30.2. The number of anilines is 2. The number of carbonyl (C=O) groups excluding carboxylic acids is 2. The highest BCUT2D eigenvalue weighted by Crippen LogP contribution is 2.24. The van der Waals surface area contributed by atoms with Crippen molar-refractivity contribution in [3.8, 4) is 6.07 Å². The summed E-state index contributed by atoms with van der Waals surface area (Å²) in [6, 6.07) is 14.8. The number of aromatic nitrogens is 1. The van der Waals surface area contributed by atoms with Gasteiger partial charge in [-0.25, -0.2) is 4.98 Å². The van der Waals surface area contributed by atoms with Crippen molar-refractivity contribution in [3.05, 3.63) is 54.2 Å². The molecule has 0 bridgehead atoms. The number of hydrogen-bond donors (Lipinski definition) is 2. The molecule has 1 fully saturated rings. The second-order valence-corrected chi connectivity index (χ2v) is 5.97. The van der Waals surface area contributed by atoms with Crippen LogP contribution in [0.2, 0.25) is 0 Å². The van der Waals surface area contributed by atoms with E-state index in [1.807, 2.05) is 30.3 Å². The average Bonchev–Trinajstić information content (AvgIpc) is 3.08. The average molecular weight is 349 g/mol. The first kappa shape index (κ1) is 17.4. The van der Waals surface area contributed by atoms with E-state index in [0.717, 1.165) is 5.69 Å². The molecular formula is C19H19N5O2. The van der Waals surface area contributed by atoms with Gasteiger partial charge in [0.1, 0.15) is 11.9 Å². The zero-order valence-corrected chi connectivity index (χ0v) is 14.2. The Hall–Kier alpha value is -3.40. The quantitative estimate of drug-likeness (QED) is 0.771. The molecule has 0 unspecified atom stereocenters.